The Bertz CT molecular complexity index is 806. The van der Waals surface area contributed by atoms with Crippen molar-refractivity contribution in [3.05, 3.63) is 56.5 Å². The monoisotopic (exact) mass is 486 g/mol. The smallest absolute Gasteiger partial charge is 0.343 e. The number of esters is 2. The minimum Gasteiger partial charge on any atom is -0.490 e. The van der Waals surface area contributed by atoms with Crippen LogP contribution in [0.25, 0.3) is 0 Å². The highest BCUT2D eigenvalue weighted by molar-refractivity contribution is 9.10. The van der Waals surface area contributed by atoms with Gasteiger partial charge in [-0.3, -0.25) is 0 Å². The number of benzene rings is 2. The third-order valence-corrected chi connectivity index (χ3v) is 4.38. The normalized spacial score (nSPS) is 10.3. The molecule has 26 heavy (non-hydrogen) atoms. The van der Waals surface area contributed by atoms with E-state index in [-0.39, 0.29) is 11.3 Å². The van der Waals surface area contributed by atoms with Crippen LogP contribution in [0.4, 0.5) is 0 Å². The molecule has 8 heteroatoms. The Kier molecular flexibility index (Phi) is 7.62. The molecule has 0 amide bonds. The summed E-state index contributed by atoms with van der Waals surface area (Å²) in [6, 6.07) is 9.52. The molecule has 138 valence electrons. The Morgan fingerprint density at radius 2 is 1.65 bits per heavy atom. The molecule has 0 heterocycles. The van der Waals surface area contributed by atoms with E-state index in [0.717, 1.165) is 0 Å². The van der Waals surface area contributed by atoms with Crippen molar-refractivity contribution >= 4 is 43.8 Å². The van der Waals surface area contributed by atoms with E-state index in [9.17, 15) is 9.59 Å². The average Bonchev–Trinajstić information content (AvgIpc) is 2.63. The van der Waals surface area contributed by atoms with E-state index in [0.29, 0.717) is 33.5 Å². The van der Waals surface area contributed by atoms with E-state index in [1.165, 1.54) is 19.2 Å². The molecular weight excluding hydrogens is 472 g/mol. The van der Waals surface area contributed by atoms with E-state index in [1.807, 2.05) is 0 Å². The summed E-state index contributed by atoms with van der Waals surface area (Å²) >= 11 is 6.63. The summed E-state index contributed by atoms with van der Waals surface area (Å²) in [5.41, 5.74) is 0.448. The van der Waals surface area contributed by atoms with Crippen LogP contribution in [0, 0.1) is 0 Å². The SMILES string of the molecule is COCCOc1ccc(C(=O)Oc2ccc(Br)cc2C(=O)OC)cc1Br. The van der Waals surface area contributed by atoms with Gasteiger partial charge in [0.05, 0.1) is 23.8 Å². The Morgan fingerprint density at radius 1 is 0.923 bits per heavy atom. The Balaban J connectivity index is 2.18. The number of halogens is 2. The second kappa shape index (κ2) is 9.70. The Morgan fingerprint density at radius 3 is 2.31 bits per heavy atom. The van der Waals surface area contributed by atoms with E-state index >= 15 is 0 Å². The number of hydrogen-bond donors (Lipinski definition) is 0. The first-order chi connectivity index (χ1) is 12.5. The minimum absolute atomic E-state index is 0.113. The fourth-order valence-corrected chi connectivity index (χ4v) is 2.85. The predicted molar refractivity (Wildman–Crippen MR) is 102 cm³/mol. The topological polar surface area (TPSA) is 71.1 Å². The van der Waals surface area contributed by atoms with Gasteiger partial charge < -0.3 is 18.9 Å². The van der Waals surface area contributed by atoms with Gasteiger partial charge >= 0.3 is 11.9 Å². The van der Waals surface area contributed by atoms with Crippen LogP contribution in [0.3, 0.4) is 0 Å². The minimum atomic E-state index is -0.610. The summed E-state index contributed by atoms with van der Waals surface area (Å²) in [6.45, 7) is 0.844. The highest BCUT2D eigenvalue weighted by Crippen LogP contribution is 2.28. The molecule has 0 aliphatic heterocycles. The molecule has 0 unspecified atom stereocenters. The summed E-state index contributed by atoms with van der Waals surface area (Å²) in [5.74, 6) is -0.516. The first-order valence-electron chi connectivity index (χ1n) is 7.47. The van der Waals surface area contributed by atoms with Crippen molar-refractivity contribution in [2.24, 2.45) is 0 Å². The predicted octanol–water partition coefficient (Wildman–Crippen LogP) is 4.24. The molecule has 6 nitrogen and oxygen atoms in total. The van der Waals surface area contributed by atoms with Crippen molar-refractivity contribution < 1.29 is 28.5 Å². The highest BCUT2D eigenvalue weighted by Gasteiger charge is 2.18. The third-order valence-electron chi connectivity index (χ3n) is 3.26. The molecule has 2 aromatic rings. The standard InChI is InChI=1S/C18H16Br2O6/c1-23-7-8-25-16-5-3-11(9-14(16)20)17(21)26-15-6-4-12(19)10-13(15)18(22)24-2/h3-6,9-10H,7-8H2,1-2H3. The van der Waals surface area contributed by atoms with Gasteiger partial charge in [0.15, 0.2) is 0 Å². The van der Waals surface area contributed by atoms with Crippen LogP contribution in [0.15, 0.2) is 45.3 Å². The zero-order valence-electron chi connectivity index (χ0n) is 14.1. The largest absolute Gasteiger partial charge is 0.490 e. The first-order valence-corrected chi connectivity index (χ1v) is 9.06. The summed E-state index contributed by atoms with van der Waals surface area (Å²) in [7, 11) is 2.84. The quantitative estimate of drug-likeness (QED) is 0.330. The number of carbonyl (C=O) groups excluding carboxylic acids is 2. The van der Waals surface area contributed by atoms with Crippen molar-refractivity contribution in [1.29, 1.82) is 0 Å². The van der Waals surface area contributed by atoms with Gasteiger partial charge in [-0.25, -0.2) is 9.59 Å². The van der Waals surface area contributed by atoms with Gasteiger partial charge in [0.2, 0.25) is 0 Å². The van der Waals surface area contributed by atoms with Gasteiger partial charge in [-0.1, -0.05) is 15.9 Å². The van der Waals surface area contributed by atoms with Gasteiger partial charge in [0.1, 0.15) is 23.7 Å². The number of hydrogen-bond acceptors (Lipinski definition) is 6. The maximum absolute atomic E-state index is 12.4. The molecule has 0 spiro atoms. The van der Waals surface area contributed by atoms with Crippen molar-refractivity contribution in [1.82, 2.24) is 0 Å². The summed E-state index contributed by atoms with van der Waals surface area (Å²) in [6.07, 6.45) is 0. The van der Waals surface area contributed by atoms with Crippen LogP contribution in [-0.4, -0.2) is 39.4 Å². The van der Waals surface area contributed by atoms with E-state index in [1.54, 1.807) is 31.4 Å². The van der Waals surface area contributed by atoms with E-state index < -0.39 is 11.9 Å². The lowest BCUT2D eigenvalue weighted by Gasteiger charge is -2.11. The van der Waals surface area contributed by atoms with Gasteiger partial charge in [-0.05, 0) is 52.3 Å². The molecule has 0 saturated heterocycles. The van der Waals surface area contributed by atoms with Crippen LogP contribution in [-0.2, 0) is 9.47 Å². The number of rotatable bonds is 7. The lowest BCUT2D eigenvalue weighted by molar-refractivity contribution is 0.0593. The molecule has 0 atom stereocenters. The molecule has 0 fully saturated rings. The molecular formula is C18H16Br2O6. The average molecular weight is 488 g/mol. The van der Waals surface area contributed by atoms with Crippen molar-refractivity contribution in [2.75, 3.05) is 27.4 Å². The summed E-state index contributed by atoms with van der Waals surface area (Å²) in [4.78, 5) is 24.3. The maximum Gasteiger partial charge on any atom is 0.343 e. The van der Waals surface area contributed by atoms with Gasteiger partial charge in [0, 0.05) is 11.6 Å². The molecule has 2 rings (SSSR count). The van der Waals surface area contributed by atoms with Crippen LogP contribution < -0.4 is 9.47 Å². The Labute approximate surface area is 167 Å². The molecule has 0 aliphatic carbocycles. The van der Waals surface area contributed by atoms with Gasteiger partial charge in [-0.15, -0.1) is 0 Å². The Hall–Kier alpha value is -1.90. The molecule has 2 aromatic carbocycles. The zero-order valence-corrected chi connectivity index (χ0v) is 17.3. The maximum atomic E-state index is 12.4. The lowest BCUT2D eigenvalue weighted by atomic mass is 10.2. The number of carbonyl (C=O) groups is 2. The van der Waals surface area contributed by atoms with Crippen molar-refractivity contribution in [2.45, 2.75) is 0 Å². The third kappa shape index (κ3) is 5.30. The van der Waals surface area contributed by atoms with Crippen LogP contribution in [0.1, 0.15) is 20.7 Å². The molecule has 0 aliphatic rings. The fraction of sp³-hybridized carbons (Fsp3) is 0.222. The zero-order chi connectivity index (χ0) is 19.1. The summed E-state index contributed by atoms with van der Waals surface area (Å²) < 4.78 is 21.8. The number of ether oxygens (including phenoxy) is 4. The molecule has 0 radical (unpaired) electrons. The van der Waals surface area contributed by atoms with Gasteiger partial charge in [-0.2, -0.15) is 0 Å². The second-order valence-corrected chi connectivity index (χ2v) is 6.78. The second-order valence-electron chi connectivity index (χ2n) is 5.01. The van der Waals surface area contributed by atoms with Crippen molar-refractivity contribution in [3.63, 3.8) is 0 Å². The fourth-order valence-electron chi connectivity index (χ4n) is 2.00. The molecule has 0 bridgehead atoms. The first kappa shape index (κ1) is 20.4. The van der Waals surface area contributed by atoms with Crippen LogP contribution in [0.5, 0.6) is 11.5 Å². The van der Waals surface area contributed by atoms with Crippen LogP contribution >= 0.6 is 31.9 Å². The highest BCUT2D eigenvalue weighted by atomic mass is 79.9. The molecule has 0 saturated carbocycles. The molecule has 0 aromatic heterocycles. The number of methoxy groups -OCH3 is 2. The summed E-state index contributed by atoms with van der Waals surface area (Å²) in [5, 5.41) is 0. The van der Waals surface area contributed by atoms with E-state index in [2.05, 4.69) is 31.9 Å². The lowest BCUT2D eigenvalue weighted by Crippen LogP contribution is -2.12. The van der Waals surface area contributed by atoms with Crippen LogP contribution in [0.2, 0.25) is 0 Å². The molecule has 0 N–H and O–H groups in total. The van der Waals surface area contributed by atoms with Gasteiger partial charge in [0.25, 0.3) is 0 Å². The van der Waals surface area contributed by atoms with Crippen molar-refractivity contribution in [3.8, 4) is 11.5 Å². The van der Waals surface area contributed by atoms with E-state index in [4.69, 9.17) is 18.9 Å².